The number of carbonyl (C=O) groups excluding carboxylic acids is 2. The largest absolute Gasteiger partial charge is 0.497 e. The Morgan fingerprint density at radius 3 is 2.11 bits per heavy atom. The summed E-state index contributed by atoms with van der Waals surface area (Å²) in [4.78, 5) is 28.8. The van der Waals surface area contributed by atoms with Crippen molar-refractivity contribution in [2.24, 2.45) is 0 Å². The average Bonchev–Trinajstić information content (AvgIpc) is 3.04. The van der Waals surface area contributed by atoms with E-state index in [-0.39, 0.29) is 40.6 Å². The second-order valence-electron chi connectivity index (χ2n) is 10.6. The first-order valence-corrected chi connectivity index (χ1v) is 16.0. The van der Waals surface area contributed by atoms with Gasteiger partial charge in [-0.1, -0.05) is 36.8 Å². The summed E-state index contributed by atoms with van der Waals surface area (Å²) in [5.41, 5.74) is 1.85. The third-order valence-corrected chi connectivity index (χ3v) is 9.24. The van der Waals surface area contributed by atoms with Gasteiger partial charge in [-0.25, -0.2) is 8.42 Å². The molecule has 0 aromatic heterocycles. The van der Waals surface area contributed by atoms with Crippen LogP contribution in [-0.4, -0.2) is 72.2 Å². The van der Waals surface area contributed by atoms with Gasteiger partial charge in [-0.2, -0.15) is 0 Å². The molecule has 0 saturated heterocycles. The summed E-state index contributed by atoms with van der Waals surface area (Å²) in [6.45, 7) is 6.82. The first-order chi connectivity index (χ1) is 21.4. The molecule has 0 spiro atoms. The van der Waals surface area contributed by atoms with Crippen LogP contribution in [0.25, 0.3) is 0 Å². The average molecular weight is 642 g/mol. The van der Waals surface area contributed by atoms with Gasteiger partial charge in [0.25, 0.3) is 10.0 Å². The van der Waals surface area contributed by atoms with Crippen LogP contribution in [0.4, 0.5) is 5.69 Å². The maximum Gasteiger partial charge on any atom is 0.265 e. The van der Waals surface area contributed by atoms with E-state index < -0.39 is 28.5 Å². The van der Waals surface area contributed by atoms with E-state index in [1.165, 1.54) is 57.6 Å². The minimum absolute atomic E-state index is 0.0761. The Hall–Kier alpha value is -4.45. The number of aryl methyl sites for hydroxylation is 1. The predicted molar refractivity (Wildman–Crippen MR) is 173 cm³/mol. The zero-order chi connectivity index (χ0) is 33.3. The van der Waals surface area contributed by atoms with Crippen molar-refractivity contribution >= 4 is 27.5 Å². The van der Waals surface area contributed by atoms with Crippen LogP contribution in [-0.2, 0) is 26.2 Å². The first-order valence-electron chi connectivity index (χ1n) is 14.5. The van der Waals surface area contributed by atoms with E-state index in [0.29, 0.717) is 17.9 Å². The Kier molecular flexibility index (Phi) is 12.1. The third-order valence-electron chi connectivity index (χ3n) is 7.48. The molecule has 0 aliphatic carbocycles. The number of nitrogens with zero attached hydrogens (tertiary/aromatic N) is 2. The monoisotopic (exact) mass is 641 g/mol. The number of anilines is 1. The van der Waals surface area contributed by atoms with Gasteiger partial charge in [0, 0.05) is 24.7 Å². The smallest absolute Gasteiger partial charge is 0.265 e. The summed E-state index contributed by atoms with van der Waals surface area (Å²) in [7, 11) is 1.26. The molecule has 0 heterocycles. The number of rotatable bonds is 15. The molecule has 2 amide bonds. The SMILES string of the molecule is CCC(C)NC(=O)C(C)N(Cc1cccc(C)c1)C(=O)CN(c1cc(OC)ccc1OC)S(=O)(=O)c1ccc(OC)c(OC)c1. The van der Waals surface area contributed by atoms with Crippen LogP contribution in [0.2, 0.25) is 0 Å². The molecular weight excluding hydrogens is 598 g/mol. The number of amides is 2. The Balaban J connectivity index is 2.17. The van der Waals surface area contributed by atoms with Crippen LogP contribution in [0.1, 0.15) is 38.3 Å². The van der Waals surface area contributed by atoms with Crippen molar-refractivity contribution in [2.75, 3.05) is 39.3 Å². The molecule has 244 valence electrons. The molecule has 2 atom stereocenters. The highest BCUT2D eigenvalue weighted by atomic mass is 32.2. The zero-order valence-electron chi connectivity index (χ0n) is 27.1. The van der Waals surface area contributed by atoms with Crippen LogP contribution in [0, 0.1) is 6.92 Å². The standard InChI is InChI=1S/C33H43N3O8S/c1-9-23(3)34-33(38)24(4)35(20-25-12-10-11-22(2)17-25)32(37)21-36(28-18-26(41-5)13-15-29(28)42-6)45(39,40)27-14-16-30(43-7)31(19-27)44-8/h10-19,23-24H,9,20-21H2,1-8H3,(H,34,38). The lowest BCUT2D eigenvalue weighted by Crippen LogP contribution is -2.52. The maximum absolute atomic E-state index is 14.4. The Morgan fingerprint density at radius 2 is 1.51 bits per heavy atom. The molecule has 0 saturated carbocycles. The molecule has 11 nitrogen and oxygen atoms in total. The lowest BCUT2D eigenvalue weighted by Gasteiger charge is -2.33. The second-order valence-corrected chi connectivity index (χ2v) is 12.4. The van der Waals surface area contributed by atoms with E-state index in [2.05, 4.69) is 5.32 Å². The van der Waals surface area contributed by atoms with Crippen LogP contribution >= 0.6 is 0 Å². The van der Waals surface area contributed by atoms with E-state index in [0.717, 1.165) is 15.4 Å². The number of methoxy groups -OCH3 is 4. The summed E-state index contributed by atoms with van der Waals surface area (Å²) in [6, 6.07) is 15.4. The topological polar surface area (TPSA) is 124 Å². The Labute approximate surface area is 266 Å². The molecule has 12 heteroatoms. The van der Waals surface area contributed by atoms with E-state index in [1.807, 2.05) is 45.0 Å². The number of sulfonamides is 1. The Bertz CT molecular complexity index is 1590. The minimum Gasteiger partial charge on any atom is -0.497 e. The van der Waals surface area contributed by atoms with Crippen molar-refractivity contribution in [3.8, 4) is 23.0 Å². The van der Waals surface area contributed by atoms with Crippen molar-refractivity contribution in [3.05, 3.63) is 71.8 Å². The van der Waals surface area contributed by atoms with Gasteiger partial charge in [0.15, 0.2) is 11.5 Å². The van der Waals surface area contributed by atoms with Gasteiger partial charge in [0.05, 0.1) is 39.0 Å². The molecule has 0 aliphatic rings. The van der Waals surface area contributed by atoms with E-state index in [1.54, 1.807) is 19.1 Å². The molecular formula is C33H43N3O8S. The van der Waals surface area contributed by atoms with E-state index in [9.17, 15) is 18.0 Å². The lowest BCUT2D eigenvalue weighted by atomic mass is 10.1. The molecule has 3 aromatic rings. The fraction of sp³-hybridized carbons (Fsp3) is 0.394. The molecule has 3 aromatic carbocycles. The summed E-state index contributed by atoms with van der Waals surface area (Å²) in [5.74, 6) is 0.127. The highest BCUT2D eigenvalue weighted by Gasteiger charge is 2.35. The van der Waals surface area contributed by atoms with Gasteiger partial charge in [-0.3, -0.25) is 13.9 Å². The lowest BCUT2D eigenvalue weighted by molar-refractivity contribution is -0.139. The summed E-state index contributed by atoms with van der Waals surface area (Å²) in [5, 5.41) is 2.93. The van der Waals surface area contributed by atoms with Crippen molar-refractivity contribution in [3.63, 3.8) is 0 Å². The van der Waals surface area contributed by atoms with Crippen LogP contribution in [0.15, 0.2) is 65.6 Å². The number of ether oxygens (including phenoxy) is 4. The number of hydrogen-bond donors (Lipinski definition) is 1. The van der Waals surface area contributed by atoms with Crippen molar-refractivity contribution in [2.45, 2.75) is 57.6 Å². The Morgan fingerprint density at radius 1 is 0.844 bits per heavy atom. The summed E-state index contributed by atoms with van der Waals surface area (Å²) >= 11 is 0. The number of carbonyl (C=O) groups is 2. The highest BCUT2D eigenvalue weighted by Crippen LogP contribution is 2.37. The van der Waals surface area contributed by atoms with Crippen molar-refractivity contribution < 1.29 is 37.0 Å². The quantitative estimate of drug-likeness (QED) is 0.256. The fourth-order valence-electron chi connectivity index (χ4n) is 4.66. The normalized spacial score (nSPS) is 12.4. The van der Waals surface area contributed by atoms with Gasteiger partial charge in [0.2, 0.25) is 11.8 Å². The fourth-order valence-corrected chi connectivity index (χ4v) is 6.10. The number of hydrogen-bond acceptors (Lipinski definition) is 8. The minimum atomic E-state index is -4.43. The van der Waals surface area contributed by atoms with E-state index in [4.69, 9.17) is 18.9 Å². The predicted octanol–water partition coefficient (Wildman–Crippen LogP) is 4.56. The maximum atomic E-state index is 14.4. The van der Waals surface area contributed by atoms with Gasteiger partial charge in [-0.05, 0) is 57.0 Å². The molecule has 1 N–H and O–H groups in total. The molecule has 0 aliphatic heterocycles. The van der Waals surface area contributed by atoms with Crippen molar-refractivity contribution in [1.82, 2.24) is 10.2 Å². The van der Waals surface area contributed by atoms with Gasteiger partial charge in [-0.15, -0.1) is 0 Å². The molecule has 0 bridgehead atoms. The molecule has 45 heavy (non-hydrogen) atoms. The van der Waals surface area contributed by atoms with E-state index >= 15 is 0 Å². The summed E-state index contributed by atoms with van der Waals surface area (Å²) < 4.78 is 51.3. The van der Waals surface area contributed by atoms with Gasteiger partial charge >= 0.3 is 0 Å². The van der Waals surface area contributed by atoms with Crippen LogP contribution in [0.3, 0.4) is 0 Å². The molecule has 2 unspecified atom stereocenters. The van der Waals surface area contributed by atoms with Gasteiger partial charge < -0.3 is 29.2 Å². The number of nitrogens with one attached hydrogen (secondary N) is 1. The van der Waals surface area contributed by atoms with Crippen molar-refractivity contribution in [1.29, 1.82) is 0 Å². The zero-order valence-corrected chi connectivity index (χ0v) is 27.9. The number of benzene rings is 3. The molecule has 0 radical (unpaired) electrons. The molecule has 3 rings (SSSR count). The first kappa shape index (κ1) is 35.0. The third kappa shape index (κ3) is 8.39. The second kappa shape index (κ2) is 15.5. The summed E-state index contributed by atoms with van der Waals surface area (Å²) in [6.07, 6.45) is 0.706. The van der Waals surface area contributed by atoms with Crippen LogP contribution < -0.4 is 28.6 Å². The molecule has 0 fully saturated rings. The highest BCUT2D eigenvalue weighted by molar-refractivity contribution is 7.92. The van der Waals surface area contributed by atoms with Gasteiger partial charge in [0.1, 0.15) is 24.1 Å². The van der Waals surface area contributed by atoms with Crippen LogP contribution in [0.5, 0.6) is 23.0 Å².